The number of hydrogen-bond donors (Lipinski definition) is 5. The molecule has 7 rings (SSSR count). The second-order valence-electron chi connectivity index (χ2n) is 16.0. The van der Waals surface area contributed by atoms with Crippen LogP contribution >= 0.6 is 31.3 Å². The number of nitrogens with zero attached hydrogens (tertiary/aromatic N) is 7. The third kappa shape index (κ3) is 11.9. The van der Waals surface area contributed by atoms with Crippen LogP contribution in [-0.4, -0.2) is 152 Å². The summed E-state index contributed by atoms with van der Waals surface area (Å²) in [6, 6.07) is 0. The molecule has 70 heavy (non-hydrogen) atoms. The molecule has 16 atom stereocenters. The van der Waals surface area contributed by atoms with E-state index in [1.807, 2.05) is 0 Å². The van der Waals surface area contributed by atoms with Crippen LogP contribution in [0.3, 0.4) is 0 Å². The van der Waals surface area contributed by atoms with Crippen LogP contribution in [-0.2, 0) is 80.4 Å². The number of hydrogen-bond acceptors (Lipinski definition) is 29. The summed E-state index contributed by atoms with van der Waals surface area (Å²) in [6.45, 7) is 1.75. The molecule has 3 saturated heterocycles. The molecule has 4 aromatic heterocycles. The van der Waals surface area contributed by atoms with Crippen molar-refractivity contribution in [1.29, 1.82) is 0 Å². The number of ether oxygens (including phenoxy) is 6. The molecule has 37 heteroatoms. The highest BCUT2D eigenvalue weighted by molar-refractivity contribution is 7.65. The molecular formula is C33H49N10O23P4-3. The van der Waals surface area contributed by atoms with E-state index in [2.05, 4.69) is 43.4 Å². The Bertz CT molecular complexity index is 2770. The highest BCUT2D eigenvalue weighted by atomic mass is 31.3. The normalized spacial score (nSPS) is 31.8. The molecule has 3 aliphatic rings. The molecule has 0 saturated carbocycles. The maximum absolute atomic E-state index is 13.5. The lowest BCUT2D eigenvalue weighted by molar-refractivity contribution is -0.746. The summed E-state index contributed by atoms with van der Waals surface area (Å²) in [7, 11) is -19.0. The van der Waals surface area contributed by atoms with E-state index in [1.54, 1.807) is 20.9 Å². The van der Waals surface area contributed by atoms with E-state index in [1.165, 1.54) is 53.8 Å². The lowest BCUT2D eigenvalue weighted by Crippen LogP contribution is -2.47. The van der Waals surface area contributed by atoms with Crippen molar-refractivity contribution in [2.45, 2.75) is 100 Å². The Hall–Kier alpha value is -3.30. The van der Waals surface area contributed by atoms with Crippen molar-refractivity contribution >= 4 is 65.4 Å². The van der Waals surface area contributed by atoms with Crippen LogP contribution in [0.2, 0.25) is 0 Å². The van der Waals surface area contributed by atoms with E-state index >= 15 is 0 Å². The van der Waals surface area contributed by atoms with Gasteiger partial charge >= 0.3 is 5.65 Å². The molecular weight excluding hydrogens is 1030 g/mol. The number of nitrogens with one attached hydrogen (secondary N) is 2. The molecule has 7 heterocycles. The largest absolute Gasteiger partial charge is 0.756 e. The van der Waals surface area contributed by atoms with Gasteiger partial charge in [0.05, 0.1) is 45.4 Å². The number of aromatic amines is 1. The Balaban J connectivity index is 1.03. The Morgan fingerprint density at radius 1 is 0.857 bits per heavy atom. The zero-order valence-electron chi connectivity index (χ0n) is 37.8. The highest BCUT2D eigenvalue weighted by Gasteiger charge is 2.51. The van der Waals surface area contributed by atoms with Crippen LogP contribution in [0.1, 0.15) is 33.2 Å². The smallest absolute Gasteiger partial charge is 0.313 e. The number of imidazole rings is 2. The summed E-state index contributed by atoms with van der Waals surface area (Å²) in [4.78, 5) is 83.5. The molecule has 3 fully saturated rings. The maximum atomic E-state index is 13.5. The standard InChI is InChI=1S/C33H52N10O23P4/c1-14(2)60-23-17(61-15(3)21(23)44)9-57-67(47,48)64-24-18(63-32(26(24)56-7)42-12-38-19-27(35-4)36-11-37-28(19)42)10-59-69(51,52)66-70(53,54)65-68(49,50)58-8-16-22(45)25(55-6)31(62-16)43-13-41(5)20-29(43)39-33(34)40-30(20)46/h11-18,21-26,31-32,44-45H,8-10H2,1-7H3,(H7-,34,35,36,37,39,40,46,47,48,49,50,51,52,53,54)/p-3/t15-,16+,17+,18+,21?,22-,23-,24-,25?,26?,31+,32+/m0/s1. The van der Waals surface area contributed by atoms with Gasteiger partial charge < -0.3 is 87.4 Å². The van der Waals surface area contributed by atoms with Gasteiger partial charge in [-0.25, -0.2) is 28.1 Å². The van der Waals surface area contributed by atoms with Gasteiger partial charge in [0, 0.05) is 21.3 Å². The van der Waals surface area contributed by atoms with Crippen molar-refractivity contribution in [3.63, 3.8) is 0 Å². The van der Waals surface area contributed by atoms with Crippen LogP contribution in [0.4, 0.5) is 11.8 Å². The molecule has 4 aromatic rings. The Morgan fingerprint density at radius 2 is 1.47 bits per heavy atom. The zero-order chi connectivity index (χ0) is 51.2. The van der Waals surface area contributed by atoms with Gasteiger partial charge in [-0.3, -0.25) is 37.2 Å². The van der Waals surface area contributed by atoms with Gasteiger partial charge in [0.15, 0.2) is 24.0 Å². The van der Waals surface area contributed by atoms with Crippen molar-refractivity contribution in [1.82, 2.24) is 34.1 Å². The first-order valence-corrected chi connectivity index (χ1v) is 26.6. The Labute approximate surface area is 395 Å². The van der Waals surface area contributed by atoms with E-state index in [0.29, 0.717) is 0 Å². The van der Waals surface area contributed by atoms with E-state index < -0.39 is 136 Å². The minimum atomic E-state index is -6.50. The van der Waals surface area contributed by atoms with Crippen LogP contribution in [0, 0.1) is 0 Å². The maximum Gasteiger partial charge on any atom is 0.313 e. The highest BCUT2D eigenvalue weighted by Crippen LogP contribution is 2.63. The molecule has 0 radical (unpaired) electrons. The van der Waals surface area contributed by atoms with Gasteiger partial charge in [-0.1, -0.05) is 4.98 Å². The molecule has 0 spiro atoms. The van der Waals surface area contributed by atoms with Crippen LogP contribution in [0.25, 0.3) is 22.3 Å². The number of rotatable bonds is 22. The first-order chi connectivity index (χ1) is 32.8. The van der Waals surface area contributed by atoms with Crippen molar-refractivity contribution in [3.05, 3.63) is 29.3 Å². The predicted molar refractivity (Wildman–Crippen MR) is 222 cm³/mol. The fraction of sp³-hybridized carbons (Fsp3) is 0.697. The minimum absolute atomic E-state index is 0.0188. The molecule has 7 unspecified atom stereocenters. The Morgan fingerprint density at radius 3 is 2.09 bits per heavy atom. The van der Waals surface area contributed by atoms with Crippen molar-refractivity contribution in [2.75, 3.05) is 52.1 Å². The third-order valence-corrected chi connectivity index (χ3v) is 16.0. The number of nitrogens with two attached hydrogens (primary N) is 1. The number of fused-ring (bicyclic) bond motifs is 2. The summed E-state index contributed by atoms with van der Waals surface area (Å²) in [5.41, 5.74) is 5.42. The average Bonchev–Trinajstić information content (AvgIpc) is 4.06. The quantitative estimate of drug-likeness (QED) is 0.0376. The lowest BCUT2D eigenvalue weighted by atomic mass is 10.1. The van der Waals surface area contributed by atoms with E-state index in [4.69, 9.17) is 47.7 Å². The number of H-pyrrole nitrogens is 1. The van der Waals surface area contributed by atoms with Crippen LogP contribution < -0.4 is 40.8 Å². The summed E-state index contributed by atoms with van der Waals surface area (Å²) >= 11 is 0. The van der Waals surface area contributed by atoms with Gasteiger partial charge in [0.2, 0.25) is 11.7 Å². The second kappa shape index (κ2) is 21.3. The van der Waals surface area contributed by atoms with Crippen molar-refractivity contribution in [2.24, 2.45) is 7.05 Å². The molecule has 33 nitrogen and oxygen atoms in total. The van der Waals surface area contributed by atoms with Gasteiger partial charge in [-0.2, -0.15) is 0 Å². The molecule has 392 valence electrons. The van der Waals surface area contributed by atoms with Gasteiger partial charge in [0.1, 0.15) is 66.8 Å². The number of aliphatic hydroxyl groups excluding tert-OH is 2. The van der Waals surface area contributed by atoms with Crippen LogP contribution in [0.5, 0.6) is 0 Å². The topological polar surface area (TPSA) is 448 Å². The summed E-state index contributed by atoms with van der Waals surface area (Å²) < 4.78 is 118. The number of aromatic nitrogens is 8. The monoisotopic (exact) mass is 1080 g/mol. The summed E-state index contributed by atoms with van der Waals surface area (Å²) in [5, 5.41) is 24.3. The minimum Gasteiger partial charge on any atom is -0.756 e. The van der Waals surface area contributed by atoms with Crippen molar-refractivity contribution < 1.29 is 108 Å². The molecule has 0 bridgehead atoms. The van der Waals surface area contributed by atoms with Crippen molar-refractivity contribution in [3.8, 4) is 0 Å². The molecule has 6 N–H and O–H groups in total. The number of anilines is 2. The molecule has 0 amide bonds. The zero-order valence-corrected chi connectivity index (χ0v) is 41.4. The summed E-state index contributed by atoms with van der Waals surface area (Å²) in [5.74, 6) is 0.00401. The van der Waals surface area contributed by atoms with Gasteiger partial charge in [0.25, 0.3) is 42.8 Å². The number of phosphoric ester groups is 3. The van der Waals surface area contributed by atoms with E-state index in [9.17, 15) is 52.8 Å². The van der Waals surface area contributed by atoms with E-state index in [-0.39, 0.29) is 34.1 Å². The number of aryl methyl sites for hydroxylation is 1. The fourth-order valence-corrected chi connectivity index (χ4v) is 12.3. The predicted octanol–water partition coefficient (Wildman–Crippen LogP) is -3.52. The average molecular weight is 1080 g/mol. The first-order valence-electron chi connectivity index (χ1n) is 20.7. The second-order valence-corrected chi connectivity index (χ2v) is 21.9. The SMILES string of the molecule is CNc1ncnc2c1ncn2[C@@H]1O[C@H](COP(=O)([O-])OP(=O)([O-])OP(=O)([O-])OC[C@H]2O[C@@H]([n+]3cn(C)c4c(=O)[nH]c(N)nc43)C(OC)[C@H]2O)[C@H](OP(=O)([O-])OC[C@H]2O[C@@H](C)C(O)[C@H]2OC(C)C)C1OC. The number of phosphoric acid groups is 4. The summed E-state index contributed by atoms with van der Waals surface area (Å²) in [6.07, 6.45) is -13.1. The molecule has 0 aromatic carbocycles. The van der Waals surface area contributed by atoms with Gasteiger partial charge in [-0.05, 0) is 20.8 Å². The number of methoxy groups -OCH3 is 2. The first kappa shape index (κ1) is 54.5. The molecule has 0 aliphatic carbocycles. The fourth-order valence-electron chi connectivity index (χ4n) is 7.97. The van der Waals surface area contributed by atoms with Gasteiger partial charge in [-0.15, -0.1) is 0 Å². The lowest BCUT2D eigenvalue weighted by Gasteiger charge is -2.35. The third-order valence-electron chi connectivity index (χ3n) is 10.9. The number of nitrogen functional groups attached to an aromatic ring is 1. The number of aliphatic hydroxyl groups is 2. The molecule has 3 aliphatic heterocycles. The van der Waals surface area contributed by atoms with E-state index in [0.717, 1.165) is 7.11 Å². The van der Waals surface area contributed by atoms with Crippen LogP contribution in [0.15, 0.2) is 23.8 Å². The Kier molecular flexibility index (Phi) is 16.6.